The Kier molecular flexibility index (Phi) is 3.61. The number of nitrogens with two attached hydrogens (primary N) is 1. The minimum atomic E-state index is -0.158. The molecule has 2 aromatic heterocycles. The largest absolute Gasteiger partial charge is 0.439 e. The van der Waals surface area contributed by atoms with Crippen LogP contribution in [0.25, 0.3) is 10.9 Å². The molecule has 2 heterocycles. The van der Waals surface area contributed by atoms with Crippen molar-refractivity contribution < 1.29 is 9.53 Å². The van der Waals surface area contributed by atoms with Gasteiger partial charge in [0.15, 0.2) is 0 Å². The predicted octanol–water partition coefficient (Wildman–Crippen LogP) is 2.38. The van der Waals surface area contributed by atoms with Gasteiger partial charge in [0.25, 0.3) is 0 Å². The molecule has 112 valence electrons. The number of fused-ring (bicyclic) bond motifs is 1. The highest BCUT2D eigenvalue weighted by Crippen LogP contribution is 2.25. The molecule has 0 saturated carbocycles. The van der Waals surface area contributed by atoms with E-state index in [1.807, 2.05) is 25.1 Å². The number of hydrogen-bond donors (Lipinski definition) is 2. The van der Waals surface area contributed by atoms with Crippen molar-refractivity contribution >= 4 is 22.8 Å². The van der Waals surface area contributed by atoms with Crippen LogP contribution in [0.15, 0.2) is 42.9 Å². The van der Waals surface area contributed by atoms with Crippen molar-refractivity contribution in [2.75, 3.05) is 12.3 Å². The number of aromatic nitrogens is 3. The van der Waals surface area contributed by atoms with Crippen molar-refractivity contribution in [2.45, 2.75) is 6.92 Å². The molecule has 1 aromatic carbocycles. The first-order chi connectivity index (χ1) is 10.7. The molecule has 3 aromatic rings. The zero-order valence-corrected chi connectivity index (χ0v) is 12.0. The fourth-order valence-corrected chi connectivity index (χ4v) is 2.13. The number of benzene rings is 1. The molecular formula is C15H15N5O2. The van der Waals surface area contributed by atoms with Gasteiger partial charge in [-0.3, -0.25) is 4.57 Å². The number of ether oxygens (including phenoxy) is 1. The minimum Gasteiger partial charge on any atom is -0.439 e. The standard InChI is InChI=1S/C15H15N5O2/c1-2-17-15(21)20-6-5-10-7-11(3-4-12(10)20)22-14-8-13(16)18-9-19-14/h3-9H,2H2,1H3,(H,17,21)(H2,16,18,19). The number of nitrogen functional groups attached to an aromatic ring is 1. The van der Waals surface area contributed by atoms with Crippen LogP contribution < -0.4 is 15.8 Å². The van der Waals surface area contributed by atoms with E-state index in [2.05, 4.69) is 15.3 Å². The summed E-state index contributed by atoms with van der Waals surface area (Å²) < 4.78 is 7.20. The number of carbonyl (C=O) groups excluding carboxylic acids is 1. The highest BCUT2D eigenvalue weighted by Gasteiger charge is 2.09. The lowest BCUT2D eigenvalue weighted by Gasteiger charge is -2.07. The molecule has 0 fully saturated rings. The molecule has 0 bridgehead atoms. The van der Waals surface area contributed by atoms with Crippen molar-refractivity contribution in [1.82, 2.24) is 19.9 Å². The maximum absolute atomic E-state index is 11.9. The van der Waals surface area contributed by atoms with Crippen LogP contribution >= 0.6 is 0 Å². The van der Waals surface area contributed by atoms with Crippen LogP contribution in [-0.4, -0.2) is 27.1 Å². The molecule has 22 heavy (non-hydrogen) atoms. The van der Waals surface area contributed by atoms with Crippen molar-refractivity contribution in [3.05, 3.63) is 42.9 Å². The van der Waals surface area contributed by atoms with Crippen molar-refractivity contribution in [3.63, 3.8) is 0 Å². The molecular weight excluding hydrogens is 282 g/mol. The van der Waals surface area contributed by atoms with Crippen LogP contribution in [0.2, 0.25) is 0 Å². The monoisotopic (exact) mass is 297 g/mol. The van der Waals surface area contributed by atoms with Crippen LogP contribution in [0.5, 0.6) is 11.6 Å². The number of nitrogens with one attached hydrogen (secondary N) is 1. The number of nitrogens with zero attached hydrogens (tertiary/aromatic N) is 3. The van der Waals surface area contributed by atoms with E-state index in [1.165, 1.54) is 6.33 Å². The molecule has 7 nitrogen and oxygen atoms in total. The van der Waals surface area contributed by atoms with Gasteiger partial charge >= 0.3 is 6.03 Å². The van der Waals surface area contributed by atoms with E-state index in [4.69, 9.17) is 10.5 Å². The van der Waals surface area contributed by atoms with Crippen LogP contribution in [0.3, 0.4) is 0 Å². The molecule has 3 N–H and O–H groups in total. The van der Waals surface area contributed by atoms with Gasteiger partial charge in [-0.1, -0.05) is 0 Å². The molecule has 0 aliphatic carbocycles. The molecule has 0 saturated heterocycles. The van der Waals surface area contributed by atoms with Gasteiger partial charge in [0.05, 0.1) is 5.52 Å². The van der Waals surface area contributed by atoms with E-state index in [1.54, 1.807) is 22.9 Å². The quantitative estimate of drug-likeness (QED) is 0.774. The third-order valence-corrected chi connectivity index (χ3v) is 3.09. The summed E-state index contributed by atoms with van der Waals surface area (Å²) >= 11 is 0. The Hall–Kier alpha value is -3.09. The summed E-state index contributed by atoms with van der Waals surface area (Å²) in [6.07, 6.45) is 3.07. The summed E-state index contributed by atoms with van der Waals surface area (Å²) in [4.78, 5) is 19.7. The Balaban J connectivity index is 1.89. The summed E-state index contributed by atoms with van der Waals surface area (Å²) in [5.41, 5.74) is 6.40. The lowest BCUT2D eigenvalue weighted by atomic mass is 10.2. The van der Waals surface area contributed by atoms with Gasteiger partial charge in [-0.2, -0.15) is 0 Å². The Morgan fingerprint density at radius 2 is 2.18 bits per heavy atom. The summed E-state index contributed by atoms with van der Waals surface area (Å²) in [5.74, 6) is 1.32. The van der Waals surface area contributed by atoms with E-state index in [0.29, 0.717) is 24.0 Å². The van der Waals surface area contributed by atoms with Gasteiger partial charge in [-0.15, -0.1) is 0 Å². The molecule has 0 radical (unpaired) electrons. The van der Waals surface area contributed by atoms with Gasteiger partial charge in [-0.05, 0) is 31.2 Å². The fourth-order valence-electron chi connectivity index (χ4n) is 2.13. The summed E-state index contributed by atoms with van der Waals surface area (Å²) in [6.45, 7) is 2.46. The molecule has 0 aliphatic heterocycles. The molecule has 3 rings (SSSR count). The number of anilines is 1. The molecule has 7 heteroatoms. The Bertz CT molecular complexity index is 828. The molecule has 0 atom stereocenters. The van der Waals surface area contributed by atoms with Gasteiger partial charge in [0.1, 0.15) is 17.9 Å². The van der Waals surface area contributed by atoms with E-state index in [-0.39, 0.29) is 6.03 Å². The maximum Gasteiger partial charge on any atom is 0.326 e. The van der Waals surface area contributed by atoms with Gasteiger partial charge < -0.3 is 15.8 Å². The normalized spacial score (nSPS) is 10.6. The summed E-state index contributed by atoms with van der Waals surface area (Å²) in [5, 5.41) is 3.66. The first kappa shape index (κ1) is 13.9. The molecule has 1 amide bonds. The van der Waals surface area contributed by atoms with Crippen LogP contribution in [0.1, 0.15) is 6.92 Å². The maximum atomic E-state index is 11.9. The molecule has 0 spiro atoms. The second-order valence-electron chi connectivity index (χ2n) is 4.63. The first-order valence-corrected chi connectivity index (χ1v) is 6.82. The van der Waals surface area contributed by atoms with Crippen LogP contribution in [-0.2, 0) is 0 Å². The van der Waals surface area contributed by atoms with E-state index in [9.17, 15) is 4.79 Å². The average molecular weight is 297 g/mol. The summed E-state index contributed by atoms with van der Waals surface area (Å²) in [6, 6.07) is 8.68. The predicted molar refractivity (Wildman–Crippen MR) is 82.9 cm³/mol. The number of rotatable bonds is 3. The van der Waals surface area contributed by atoms with Crippen molar-refractivity contribution in [2.24, 2.45) is 0 Å². The SMILES string of the molecule is CCNC(=O)n1ccc2cc(Oc3cc(N)ncn3)ccc21. The zero-order chi connectivity index (χ0) is 15.5. The zero-order valence-electron chi connectivity index (χ0n) is 12.0. The lowest BCUT2D eigenvalue weighted by Crippen LogP contribution is -2.27. The third-order valence-electron chi connectivity index (χ3n) is 3.09. The highest BCUT2D eigenvalue weighted by atomic mass is 16.5. The lowest BCUT2D eigenvalue weighted by molar-refractivity contribution is 0.244. The minimum absolute atomic E-state index is 0.158. The van der Waals surface area contributed by atoms with Crippen LogP contribution in [0, 0.1) is 0 Å². The topological polar surface area (TPSA) is 95.1 Å². The fraction of sp³-hybridized carbons (Fsp3) is 0.133. The second kappa shape index (κ2) is 5.72. The highest BCUT2D eigenvalue weighted by molar-refractivity contribution is 5.92. The Labute approximate surface area is 126 Å². The van der Waals surface area contributed by atoms with Gasteiger partial charge in [0, 0.05) is 24.2 Å². The molecule has 0 aliphatic rings. The molecule has 0 unspecified atom stereocenters. The van der Waals surface area contributed by atoms with E-state index in [0.717, 1.165) is 10.9 Å². The second-order valence-corrected chi connectivity index (χ2v) is 4.63. The van der Waals surface area contributed by atoms with Gasteiger partial charge in [-0.25, -0.2) is 14.8 Å². The number of carbonyl (C=O) groups is 1. The van der Waals surface area contributed by atoms with E-state index < -0.39 is 0 Å². The van der Waals surface area contributed by atoms with Crippen molar-refractivity contribution in [3.8, 4) is 11.6 Å². The average Bonchev–Trinajstić information content (AvgIpc) is 2.90. The number of hydrogen-bond acceptors (Lipinski definition) is 5. The van der Waals surface area contributed by atoms with Gasteiger partial charge in [0.2, 0.25) is 5.88 Å². The van der Waals surface area contributed by atoms with E-state index >= 15 is 0 Å². The summed E-state index contributed by atoms with van der Waals surface area (Å²) in [7, 11) is 0. The smallest absolute Gasteiger partial charge is 0.326 e. The van der Waals surface area contributed by atoms with Crippen molar-refractivity contribution in [1.29, 1.82) is 0 Å². The Morgan fingerprint density at radius 3 is 2.95 bits per heavy atom. The Morgan fingerprint density at radius 1 is 1.32 bits per heavy atom. The first-order valence-electron chi connectivity index (χ1n) is 6.82. The van der Waals surface area contributed by atoms with Crippen LogP contribution in [0.4, 0.5) is 10.6 Å². The third kappa shape index (κ3) is 2.69. The number of amides is 1.